The number of nitrogens with two attached hydrogens (primary N) is 1. The Morgan fingerprint density at radius 3 is 2.47 bits per heavy atom. The molecule has 1 aromatic carbocycles. The van der Waals surface area contributed by atoms with E-state index in [-0.39, 0.29) is 18.2 Å². The van der Waals surface area contributed by atoms with Gasteiger partial charge in [0.05, 0.1) is 4.92 Å². The molecule has 1 unspecified atom stereocenters. The van der Waals surface area contributed by atoms with Crippen LogP contribution in [0.25, 0.3) is 0 Å². The molecule has 3 N–H and O–H groups in total. The second kappa shape index (κ2) is 5.95. The van der Waals surface area contributed by atoms with E-state index in [9.17, 15) is 14.9 Å². The molecule has 0 spiro atoms. The number of nitrogens with zero attached hydrogens (tertiary/aromatic N) is 1. The summed E-state index contributed by atoms with van der Waals surface area (Å²) in [6, 6.07) is 5.86. The van der Waals surface area contributed by atoms with Crippen molar-refractivity contribution in [3.05, 3.63) is 39.9 Å². The molecule has 6 heteroatoms. The van der Waals surface area contributed by atoms with Crippen molar-refractivity contribution in [3.8, 4) is 0 Å². The number of nitro groups is 1. The number of carboxylic acids is 1. The van der Waals surface area contributed by atoms with Crippen molar-refractivity contribution in [1.29, 1.82) is 0 Å². The van der Waals surface area contributed by atoms with Crippen LogP contribution in [0.4, 0.5) is 5.69 Å². The summed E-state index contributed by atoms with van der Waals surface area (Å²) in [4.78, 5) is 20.3. The van der Waals surface area contributed by atoms with Gasteiger partial charge in [-0.25, -0.2) is 0 Å². The van der Waals surface area contributed by atoms with Crippen LogP contribution in [-0.2, 0) is 11.2 Å². The van der Waals surface area contributed by atoms with Crippen LogP contribution >= 0.6 is 0 Å². The number of non-ortho nitro benzene ring substituents is 1. The molecule has 17 heavy (non-hydrogen) atoms. The molecule has 0 aromatic heterocycles. The van der Waals surface area contributed by atoms with Gasteiger partial charge in [0.1, 0.15) is 0 Å². The average Bonchev–Trinajstić information content (AvgIpc) is 2.27. The van der Waals surface area contributed by atoms with Crippen LogP contribution in [0.1, 0.15) is 18.4 Å². The van der Waals surface area contributed by atoms with Gasteiger partial charge in [0.2, 0.25) is 0 Å². The lowest BCUT2D eigenvalue weighted by atomic mass is 10.0. The van der Waals surface area contributed by atoms with Crippen molar-refractivity contribution in [1.82, 2.24) is 0 Å². The van der Waals surface area contributed by atoms with Crippen molar-refractivity contribution in [2.75, 3.05) is 0 Å². The van der Waals surface area contributed by atoms with Gasteiger partial charge in [-0.3, -0.25) is 14.9 Å². The number of hydrogen-bond donors (Lipinski definition) is 2. The standard InChI is InChI=1S/C11H14N2O4/c12-9(3-6-11(14)15)7-8-1-4-10(5-2-8)13(16)17/h1-2,4-5,9H,3,6-7,12H2,(H,14,15). The van der Waals surface area contributed by atoms with E-state index in [4.69, 9.17) is 10.8 Å². The van der Waals surface area contributed by atoms with Gasteiger partial charge in [-0.1, -0.05) is 12.1 Å². The summed E-state index contributed by atoms with van der Waals surface area (Å²) in [6.45, 7) is 0. The highest BCUT2D eigenvalue weighted by atomic mass is 16.6. The Morgan fingerprint density at radius 1 is 1.41 bits per heavy atom. The quantitative estimate of drug-likeness (QED) is 0.574. The van der Waals surface area contributed by atoms with E-state index in [2.05, 4.69) is 0 Å². The maximum Gasteiger partial charge on any atom is 0.303 e. The molecule has 6 nitrogen and oxygen atoms in total. The van der Waals surface area contributed by atoms with Gasteiger partial charge >= 0.3 is 5.97 Å². The summed E-state index contributed by atoms with van der Waals surface area (Å²) in [5, 5.41) is 18.9. The Morgan fingerprint density at radius 2 is 2.00 bits per heavy atom. The van der Waals surface area contributed by atoms with E-state index >= 15 is 0 Å². The van der Waals surface area contributed by atoms with Gasteiger partial charge < -0.3 is 10.8 Å². The molecule has 0 amide bonds. The number of aliphatic carboxylic acids is 1. The zero-order valence-electron chi connectivity index (χ0n) is 9.20. The Kier molecular flexibility index (Phi) is 4.59. The molecule has 0 saturated heterocycles. The fourth-order valence-electron chi connectivity index (χ4n) is 1.47. The van der Waals surface area contributed by atoms with Crippen molar-refractivity contribution in [2.24, 2.45) is 5.73 Å². The maximum atomic E-state index is 10.4. The van der Waals surface area contributed by atoms with Gasteiger partial charge in [0.25, 0.3) is 5.69 Å². The van der Waals surface area contributed by atoms with E-state index < -0.39 is 10.9 Å². The van der Waals surface area contributed by atoms with Crippen LogP contribution in [0.15, 0.2) is 24.3 Å². The van der Waals surface area contributed by atoms with E-state index in [1.54, 1.807) is 12.1 Å². The summed E-state index contributed by atoms with van der Waals surface area (Å²) in [7, 11) is 0. The predicted octanol–water partition coefficient (Wildman–Crippen LogP) is 1.33. The zero-order valence-corrected chi connectivity index (χ0v) is 9.20. The van der Waals surface area contributed by atoms with Crippen LogP contribution in [0, 0.1) is 10.1 Å². The first-order valence-corrected chi connectivity index (χ1v) is 5.19. The van der Waals surface area contributed by atoms with Crippen LogP contribution in [-0.4, -0.2) is 22.0 Å². The molecule has 0 aliphatic heterocycles. The van der Waals surface area contributed by atoms with Crippen molar-refractivity contribution in [2.45, 2.75) is 25.3 Å². The maximum absolute atomic E-state index is 10.4. The summed E-state index contributed by atoms with van der Waals surface area (Å²) in [5.41, 5.74) is 6.66. The molecule has 0 bridgehead atoms. The lowest BCUT2D eigenvalue weighted by molar-refractivity contribution is -0.384. The van der Waals surface area contributed by atoms with Crippen LogP contribution < -0.4 is 5.73 Å². The van der Waals surface area contributed by atoms with Gasteiger partial charge in [0, 0.05) is 24.6 Å². The second-order valence-corrected chi connectivity index (χ2v) is 3.82. The summed E-state index contributed by atoms with van der Waals surface area (Å²) in [5.74, 6) is -0.871. The molecule has 92 valence electrons. The molecule has 1 aromatic rings. The highest BCUT2D eigenvalue weighted by Gasteiger charge is 2.09. The van der Waals surface area contributed by atoms with Gasteiger partial charge in [0.15, 0.2) is 0 Å². The minimum Gasteiger partial charge on any atom is -0.481 e. The van der Waals surface area contributed by atoms with Gasteiger partial charge in [-0.05, 0) is 18.4 Å². The number of carboxylic acid groups (broad SMARTS) is 1. The number of nitro benzene ring substituents is 1. The fraction of sp³-hybridized carbons (Fsp3) is 0.364. The highest BCUT2D eigenvalue weighted by molar-refractivity contribution is 5.66. The normalized spacial score (nSPS) is 12.1. The fourth-order valence-corrected chi connectivity index (χ4v) is 1.47. The number of hydrogen-bond acceptors (Lipinski definition) is 4. The van der Waals surface area contributed by atoms with E-state index in [1.165, 1.54) is 12.1 Å². The first kappa shape index (κ1) is 13.1. The molecule has 0 saturated carbocycles. The Bertz CT molecular complexity index is 402. The molecule has 0 aliphatic rings. The Balaban J connectivity index is 2.51. The minimum atomic E-state index is -0.871. The Hall–Kier alpha value is -1.95. The van der Waals surface area contributed by atoms with Crippen LogP contribution in [0.5, 0.6) is 0 Å². The van der Waals surface area contributed by atoms with E-state index in [0.29, 0.717) is 12.8 Å². The first-order valence-electron chi connectivity index (χ1n) is 5.19. The smallest absolute Gasteiger partial charge is 0.303 e. The minimum absolute atomic E-state index is 0.0351. The summed E-state index contributed by atoms with van der Waals surface area (Å²) < 4.78 is 0. The molecule has 1 rings (SSSR count). The molecular weight excluding hydrogens is 224 g/mol. The van der Waals surface area contributed by atoms with Crippen LogP contribution in [0.3, 0.4) is 0 Å². The Labute approximate surface area is 98.2 Å². The van der Waals surface area contributed by atoms with Crippen LogP contribution in [0.2, 0.25) is 0 Å². The SMILES string of the molecule is NC(CCC(=O)O)Cc1ccc([N+](=O)[O-])cc1. The second-order valence-electron chi connectivity index (χ2n) is 3.82. The molecule has 0 radical (unpaired) electrons. The highest BCUT2D eigenvalue weighted by Crippen LogP contribution is 2.13. The molecule has 0 fully saturated rings. The molecule has 0 aliphatic carbocycles. The van der Waals surface area contributed by atoms with Crippen molar-refractivity contribution in [3.63, 3.8) is 0 Å². The summed E-state index contributed by atoms with van der Waals surface area (Å²) >= 11 is 0. The van der Waals surface area contributed by atoms with E-state index in [1.807, 2.05) is 0 Å². The third-order valence-corrected chi connectivity index (χ3v) is 2.37. The van der Waals surface area contributed by atoms with Gasteiger partial charge in [-0.15, -0.1) is 0 Å². The monoisotopic (exact) mass is 238 g/mol. The first-order chi connectivity index (χ1) is 7.99. The third kappa shape index (κ3) is 4.60. The predicted molar refractivity (Wildman–Crippen MR) is 61.6 cm³/mol. The number of benzene rings is 1. The zero-order chi connectivity index (χ0) is 12.8. The number of carbonyl (C=O) groups is 1. The van der Waals surface area contributed by atoms with Crippen molar-refractivity contribution < 1.29 is 14.8 Å². The molecular formula is C11H14N2O4. The largest absolute Gasteiger partial charge is 0.481 e. The average molecular weight is 238 g/mol. The number of rotatable bonds is 6. The third-order valence-electron chi connectivity index (χ3n) is 2.37. The topological polar surface area (TPSA) is 106 Å². The molecule has 1 atom stereocenters. The summed E-state index contributed by atoms with van der Waals surface area (Å²) in [6.07, 6.45) is 0.950. The van der Waals surface area contributed by atoms with Gasteiger partial charge in [-0.2, -0.15) is 0 Å². The lowest BCUT2D eigenvalue weighted by Crippen LogP contribution is -2.23. The lowest BCUT2D eigenvalue weighted by Gasteiger charge is -2.09. The molecule has 0 heterocycles. The van der Waals surface area contributed by atoms with E-state index in [0.717, 1.165) is 5.56 Å². The van der Waals surface area contributed by atoms with Crippen molar-refractivity contribution >= 4 is 11.7 Å².